The van der Waals surface area contributed by atoms with Crippen molar-refractivity contribution in [1.82, 2.24) is 9.55 Å². The summed E-state index contributed by atoms with van der Waals surface area (Å²) in [5.74, 6) is 0.0633. The van der Waals surface area contributed by atoms with Crippen molar-refractivity contribution in [3.05, 3.63) is 54.4 Å². The summed E-state index contributed by atoms with van der Waals surface area (Å²) in [4.78, 5) is 15.5. The summed E-state index contributed by atoms with van der Waals surface area (Å²) in [6.07, 6.45) is -1.92. The molecule has 8 heteroatoms. The predicted octanol–water partition coefficient (Wildman–Crippen LogP) is 3.61. The number of halogens is 3. The number of aromatic nitrogens is 2. The molecule has 5 nitrogen and oxygen atoms in total. The van der Waals surface area contributed by atoms with Crippen molar-refractivity contribution in [1.29, 1.82) is 0 Å². The van der Waals surface area contributed by atoms with Crippen LogP contribution in [0.5, 0.6) is 5.75 Å². The van der Waals surface area contributed by atoms with E-state index in [0.717, 1.165) is 23.0 Å². The van der Waals surface area contributed by atoms with Gasteiger partial charge in [0.1, 0.15) is 11.6 Å². The first kappa shape index (κ1) is 16.8. The van der Waals surface area contributed by atoms with E-state index in [-0.39, 0.29) is 12.4 Å². The van der Waals surface area contributed by atoms with Crippen LogP contribution in [0, 0.1) is 0 Å². The first-order chi connectivity index (χ1) is 11.8. The van der Waals surface area contributed by atoms with E-state index >= 15 is 0 Å². The number of carbonyl (C=O) groups excluding carboxylic acids is 1. The molecule has 0 saturated heterocycles. The van der Waals surface area contributed by atoms with Crippen LogP contribution in [0.25, 0.3) is 10.9 Å². The minimum Gasteiger partial charge on any atom is -0.483 e. The maximum Gasteiger partial charge on any atom is 0.417 e. The van der Waals surface area contributed by atoms with E-state index in [9.17, 15) is 18.0 Å². The number of alkyl halides is 3. The second kappa shape index (κ2) is 6.46. The zero-order valence-corrected chi connectivity index (χ0v) is 13.2. The maximum atomic E-state index is 12.5. The Morgan fingerprint density at radius 3 is 2.72 bits per heavy atom. The van der Waals surface area contributed by atoms with Crippen molar-refractivity contribution in [2.24, 2.45) is 7.05 Å². The number of fused-ring (bicyclic) bond motifs is 1. The Kier molecular flexibility index (Phi) is 4.35. The third-order valence-electron chi connectivity index (χ3n) is 3.60. The Labute approximate surface area is 141 Å². The van der Waals surface area contributed by atoms with Gasteiger partial charge in [0.25, 0.3) is 5.91 Å². The molecule has 0 aliphatic rings. The Morgan fingerprint density at radius 2 is 2.04 bits per heavy atom. The van der Waals surface area contributed by atoms with Gasteiger partial charge in [0.2, 0.25) is 0 Å². The van der Waals surface area contributed by atoms with Crippen LogP contribution in [0.4, 0.5) is 19.0 Å². The molecule has 0 unspecified atom stereocenters. The van der Waals surface area contributed by atoms with Crippen molar-refractivity contribution in [2.75, 3.05) is 11.9 Å². The second-order valence-electron chi connectivity index (χ2n) is 5.38. The lowest BCUT2D eigenvalue weighted by molar-refractivity contribution is -0.137. The van der Waals surface area contributed by atoms with Crippen LogP contribution < -0.4 is 10.1 Å². The summed E-state index contributed by atoms with van der Waals surface area (Å²) >= 11 is 0. The average Bonchev–Trinajstić information content (AvgIpc) is 2.95. The largest absolute Gasteiger partial charge is 0.483 e. The van der Waals surface area contributed by atoms with E-state index < -0.39 is 17.6 Å². The Bertz CT molecular complexity index is 902. The Hall–Kier alpha value is -3.03. The normalized spacial score (nSPS) is 11.5. The number of carbonyl (C=O) groups is 1. The first-order valence-corrected chi connectivity index (χ1v) is 7.34. The average molecular weight is 349 g/mol. The molecular formula is C17H14F3N3O2. The quantitative estimate of drug-likeness (QED) is 0.783. The highest BCUT2D eigenvalue weighted by molar-refractivity contribution is 5.92. The number of aryl methyl sites for hydroxylation is 1. The maximum absolute atomic E-state index is 12.5. The van der Waals surface area contributed by atoms with Crippen molar-refractivity contribution >= 4 is 22.6 Å². The van der Waals surface area contributed by atoms with E-state index in [4.69, 9.17) is 4.74 Å². The molecule has 0 bridgehead atoms. The van der Waals surface area contributed by atoms with Crippen LogP contribution in [-0.4, -0.2) is 22.1 Å². The van der Waals surface area contributed by atoms with E-state index in [0.29, 0.717) is 11.9 Å². The van der Waals surface area contributed by atoms with Crippen LogP contribution >= 0.6 is 0 Å². The lowest BCUT2D eigenvalue weighted by atomic mass is 10.2. The molecule has 1 N–H and O–H groups in total. The molecule has 0 radical (unpaired) electrons. The number of pyridine rings is 1. The third kappa shape index (κ3) is 3.73. The Morgan fingerprint density at radius 1 is 1.24 bits per heavy atom. The predicted molar refractivity (Wildman–Crippen MR) is 86.3 cm³/mol. The van der Waals surface area contributed by atoms with Crippen LogP contribution in [0.2, 0.25) is 0 Å². The summed E-state index contributed by atoms with van der Waals surface area (Å²) < 4.78 is 44.8. The summed E-state index contributed by atoms with van der Waals surface area (Å²) in [6, 6.07) is 9.31. The molecule has 3 rings (SSSR count). The molecule has 0 atom stereocenters. The number of benzene rings is 1. The second-order valence-corrected chi connectivity index (χ2v) is 5.38. The molecule has 0 spiro atoms. The number of hydrogen-bond acceptors (Lipinski definition) is 3. The summed E-state index contributed by atoms with van der Waals surface area (Å²) in [6.45, 7) is -0.281. The minimum atomic E-state index is -4.47. The summed E-state index contributed by atoms with van der Waals surface area (Å²) in [7, 11) is 1.90. The van der Waals surface area contributed by atoms with Gasteiger partial charge in [-0.1, -0.05) is 6.07 Å². The monoisotopic (exact) mass is 349 g/mol. The van der Waals surface area contributed by atoms with Gasteiger partial charge >= 0.3 is 6.18 Å². The third-order valence-corrected chi connectivity index (χ3v) is 3.60. The van der Waals surface area contributed by atoms with Gasteiger partial charge in [0, 0.05) is 24.8 Å². The zero-order valence-electron chi connectivity index (χ0n) is 13.2. The van der Waals surface area contributed by atoms with Crippen LogP contribution in [-0.2, 0) is 18.0 Å². The fourth-order valence-corrected chi connectivity index (χ4v) is 2.36. The molecule has 3 aromatic rings. The first-order valence-electron chi connectivity index (χ1n) is 7.34. The fourth-order valence-electron chi connectivity index (χ4n) is 2.36. The highest BCUT2D eigenvalue weighted by atomic mass is 19.4. The molecule has 130 valence electrons. The lowest BCUT2D eigenvalue weighted by Crippen LogP contribution is -2.21. The van der Waals surface area contributed by atoms with Gasteiger partial charge in [0.15, 0.2) is 6.61 Å². The smallest absolute Gasteiger partial charge is 0.417 e. The molecule has 1 aromatic carbocycles. The molecule has 2 aromatic heterocycles. The van der Waals surface area contributed by atoms with Crippen molar-refractivity contribution in [3.8, 4) is 5.75 Å². The number of hydrogen-bond donors (Lipinski definition) is 1. The van der Waals surface area contributed by atoms with Gasteiger partial charge in [-0.25, -0.2) is 4.98 Å². The molecule has 0 aliphatic carbocycles. The molecule has 1 amide bonds. The zero-order chi connectivity index (χ0) is 18.0. The minimum absolute atomic E-state index is 0.0273. The van der Waals surface area contributed by atoms with Crippen LogP contribution in [0.3, 0.4) is 0 Å². The van der Waals surface area contributed by atoms with Crippen molar-refractivity contribution in [2.45, 2.75) is 6.18 Å². The van der Waals surface area contributed by atoms with E-state index in [1.165, 1.54) is 0 Å². The molecule has 0 saturated carbocycles. The molecule has 0 aliphatic heterocycles. The standard InChI is InChI=1S/C17H14F3N3O2/c1-23-8-7-12-13(23)3-2-4-14(12)25-10-16(24)22-15-6-5-11(9-21-15)17(18,19)20/h2-9H,10H2,1H3,(H,21,22,24). The summed E-state index contributed by atoms with van der Waals surface area (Å²) in [5, 5.41) is 3.26. The topological polar surface area (TPSA) is 56.1 Å². The summed E-state index contributed by atoms with van der Waals surface area (Å²) in [5.41, 5.74) is 0.0832. The van der Waals surface area contributed by atoms with E-state index in [2.05, 4.69) is 10.3 Å². The van der Waals surface area contributed by atoms with E-state index in [1.807, 2.05) is 36.0 Å². The molecule has 25 heavy (non-hydrogen) atoms. The van der Waals surface area contributed by atoms with Crippen LogP contribution in [0.1, 0.15) is 5.56 Å². The number of rotatable bonds is 4. The number of amides is 1. The molecular weight excluding hydrogens is 335 g/mol. The number of nitrogens with one attached hydrogen (secondary N) is 1. The number of anilines is 1. The van der Waals surface area contributed by atoms with Gasteiger partial charge in [0.05, 0.1) is 11.1 Å². The lowest BCUT2D eigenvalue weighted by Gasteiger charge is -2.09. The van der Waals surface area contributed by atoms with Gasteiger partial charge in [-0.05, 0) is 30.3 Å². The number of nitrogens with zero attached hydrogens (tertiary/aromatic N) is 2. The van der Waals surface area contributed by atoms with Gasteiger partial charge in [-0.2, -0.15) is 13.2 Å². The molecule has 0 fully saturated rings. The SMILES string of the molecule is Cn1ccc2c(OCC(=O)Nc3ccc(C(F)(F)F)cn3)cccc21. The van der Waals surface area contributed by atoms with Crippen LogP contribution in [0.15, 0.2) is 48.8 Å². The van der Waals surface area contributed by atoms with Crippen molar-refractivity contribution in [3.63, 3.8) is 0 Å². The Balaban J connectivity index is 1.63. The molecule has 2 heterocycles. The van der Waals surface area contributed by atoms with Crippen molar-refractivity contribution < 1.29 is 22.7 Å². The van der Waals surface area contributed by atoms with Gasteiger partial charge < -0.3 is 14.6 Å². The van der Waals surface area contributed by atoms with Gasteiger partial charge in [-0.15, -0.1) is 0 Å². The number of ether oxygens (including phenoxy) is 1. The van der Waals surface area contributed by atoms with Gasteiger partial charge in [-0.3, -0.25) is 4.79 Å². The fraction of sp³-hybridized carbons (Fsp3) is 0.176. The highest BCUT2D eigenvalue weighted by Gasteiger charge is 2.30. The highest BCUT2D eigenvalue weighted by Crippen LogP contribution is 2.29. The van der Waals surface area contributed by atoms with E-state index in [1.54, 1.807) is 6.07 Å².